The summed E-state index contributed by atoms with van der Waals surface area (Å²) in [6, 6.07) is 0. The van der Waals surface area contributed by atoms with Crippen molar-refractivity contribution in [1.29, 1.82) is 0 Å². The molecule has 0 N–H and O–H groups in total. The van der Waals surface area contributed by atoms with Crippen LogP contribution in [0.4, 0.5) is 0 Å². The molecule has 0 aliphatic heterocycles. The summed E-state index contributed by atoms with van der Waals surface area (Å²) < 4.78 is 15.8. The predicted molar refractivity (Wildman–Crippen MR) is 52.9 cm³/mol. The smallest absolute Gasteiger partial charge is 0.0776 e. The molecule has 0 fully saturated rings. The first-order valence-corrected chi connectivity index (χ1v) is 4.89. The number of ether oxygens (including phenoxy) is 3. The second kappa shape index (κ2) is 8.48. The minimum atomic E-state index is 0.180. The lowest BCUT2D eigenvalue weighted by Gasteiger charge is -2.14. The minimum Gasteiger partial charge on any atom is -0.381 e. The number of hydrogen-bond donors (Lipinski definition) is 0. The van der Waals surface area contributed by atoms with Gasteiger partial charge in [-0.05, 0) is 13.8 Å². The van der Waals surface area contributed by atoms with Crippen LogP contribution in [-0.4, -0.2) is 39.6 Å². The van der Waals surface area contributed by atoms with E-state index < -0.39 is 0 Å². The van der Waals surface area contributed by atoms with Gasteiger partial charge in [-0.15, -0.1) is 0 Å². The Morgan fingerprint density at radius 2 is 1.62 bits per heavy atom. The van der Waals surface area contributed by atoms with Crippen LogP contribution in [0.3, 0.4) is 0 Å². The van der Waals surface area contributed by atoms with E-state index in [4.69, 9.17) is 14.2 Å². The van der Waals surface area contributed by atoms with Gasteiger partial charge in [0.05, 0.1) is 25.9 Å². The van der Waals surface area contributed by atoms with Crippen LogP contribution in [-0.2, 0) is 14.2 Å². The lowest BCUT2D eigenvalue weighted by molar-refractivity contribution is -0.00525. The van der Waals surface area contributed by atoms with Crippen molar-refractivity contribution in [3.05, 3.63) is 0 Å². The Balaban J connectivity index is 3.21. The average Bonchev–Trinajstić information content (AvgIpc) is 2.14. The van der Waals surface area contributed by atoms with Gasteiger partial charge in [-0.1, -0.05) is 6.92 Å². The standard InChI is InChI=1S/C10H22O3/c1-5-12-6-9(2)7-13-8-10(3)11-4/h9-10H,5-8H2,1-4H3. The van der Waals surface area contributed by atoms with Gasteiger partial charge in [0, 0.05) is 19.6 Å². The molecule has 2 unspecified atom stereocenters. The van der Waals surface area contributed by atoms with Crippen molar-refractivity contribution in [1.82, 2.24) is 0 Å². The van der Waals surface area contributed by atoms with Crippen LogP contribution in [0.1, 0.15) is 20.8 Å². The molecule has 2 atom stereocenters. The van der Waals surface area contributed by atoms with E-state index in [1.54, 1.807) is 7.11 Å². The molecule has 0 aromatic heterocycles. The first-order chi connectivity index (χ1) is 6.20. The van der Waals surface area contributed by atoms with Crippen molar-refractivity contribution >= 4 is 0 Å². The summed E-state index contributed by atoms with van der Waals surface area (Å²) >= 11 is 0. The van der Waals surface area contributed by atoms with Crippen LogP contribution in [0.15, 0.2) is 0 Å². The zero-order chi connectivity index (χ0) is 10.1. The molecule has 0 aliphatic carbocycles. The summed E-state index contributed by atoms with van der Waals surface area (Å²) in [7, 11) is 1.69. The van der Waals surface area contributed by atoms with Crippen LogP contribution in [0, 0.1) is 5.92 Å². The molecule has 0 saturated carbocycles. The zero-order valence-electron chi connectivity index (χ0n) is 9.21. The summed E-state index contributed by atoms with van der Waals surface area (Å²) in [4.78, 5) is 0. The predicted octanol–water partition coefficient (Wildman–Crippen LogP) is 1.71. The fourth-order valence-corrected chi connectivity index (χ4v) is 0.870. The highest BCUT2D eigenvalue weighted by Crippen LogP contribution is 1.98. The maximum Gasteiger partial charge on any atom is 0.0776 e. The van der Waals surface area contributed by atoms with Gasteiger partial charge in [-0.3, -0.25) is 0 Å². The van der Waals surface area contributed by atoms with Crippen molar-refractivity contribution in [3.8, 4) is 0 Å². The molecule has 80 valence electrons. The topological polar surface area (TPSA) is 27.7 Å². The lowest BCUT2D eigenvalue weighted by Crippen LogP contribution is -2.19. The normalized spacial score (nSPS) is 15.7. The van der Waals surface area contributed by atoms with Gasteiger partial charge < -0.3 is 14.2 Å². The van der Waals surface area contributed by atoms with Gasteiger partial charge in [-0.25, -0.2) is 0 Å². The van der Waals surface area contributed by atoms with Gasteiger partial charge in [0.1, 0.15) is 0 Å². The Kier molecular flexibility index (Phi) is 8.40. The summed E-state index contributed by atoms with van der Waals surface area (Å²) in [6.45, 7) is 9.07. The molecule has 0 amide bonds. The van der Waals surface area contributed by atoms with E-state index in [9.17, 15) is 0 Å². The van der Waals surface area contributed by atoms with Crippen LogP contribution in [0.5, 0.6) is 0 Å². The van der Waals surface area contributed by atoms with E-state index in [0.717, 1.165) is 19.8 Å². The van der Waals surface area contributed by atoms with E-state index in [0.29, 0.717) is 12.5 Å². The molecule has 0 rings (SSSR count). The third kappa shape index (κ3) is 8.22. The van der Waals surface area contributed by atoms with E-state index in [2.05, 4.69) is 6.92 Å². The van der Waals surface area contributed by atoms with Gasteiger partial charge in [0.2, 0.25) is 0 Å². The summed E-state index contributed by atoms with van der Waals surface area (Å²) in [5, 5.41) is 0. The highest BCUT2D eigenvalue weighted by atomic mass is 16.5. The molecule has 0 saturated heterocycles. The van der Waals surface area contributed by atoms with E-state index in [1.165, 1.54) is 0 Å². The van der Waals surface area contributed by atoms with Crippen LogP contribution < -0.4 is 0 Å². The maximum absolute atomic E-state index is 5.44. The Hall–Kier alpha value is -0.120. The molecule has 3 nitrogen and oxygen atoms in total. The number of rotatable bonds is 8. The van der Waals surface area contributed by atoms with Gasteiger partial charge >= 0.3 is 0 Å². The Labute approximate surface area is 81.4 Å². The maximum atomic E-state index is 5.44. The number of methoxy groups -OCH3 is 1. The van der Waals surface area contributed by atoms with Gasteiger partial charge in [-0.2, -0.15) is 0 Å². The monoisotopic (exact) mass is 190 g/mol. The van der Waals surface area contributed by atoms with Crippen molar-refractivity contribution < 1.29 is 14.2 Å². The first kappa shape index (κ1) is 12.9. The second-order valence-corrected chi connectivity index (χ2v) is 3.35. The van der Waals surface area contributed by atoms with Gasteiger partial charge in [0.15, 0.2) is 0 Å². The largest absolute Gasteiger partial charge is 0.381 e. The van der Waals surface area contributed by atoms with Crippen LogP contribution in [0.2, 0.25) is 0 Å². The molecular weight excluding hydrogens is 168 g/mol. The SMILES string of the molecule is CCOCC(C)COCC(C)OC. The van der Waals surface area contributed by atoms with Crippen molar-refractivity contribution in [3.63, 3.8) is 0 Å². The molecule has 0 aromatic rings. The Morgan fingerprint density at radius 1 is 1.00 bits per heavy atom. The molecule has 0 aromatic carbocycles. The average molecular weight is 190 g/mol. The summed E-state index contributed by atoms with van der Waals surface area (Å²) in [6.07, 6.45) is 0.180. The van der Waals surface area contributed by atoms with E-state index in [-0.39, 0.29) is 6.10 Å². The molecular formula is C10H22O3. The van der Waals surface area contributed by atoms with Crippen molar-refractivity contribution in [2.45, 2.75) is 26.9 Å². The molecule has 0 spiro atoms. The molecule has 0 heterocycles. The Morgan fingerprint density at radius 3 is 2.15 bits per heavy atom. The molecule has 0 bridgehead atoms. The third-order valence-corrected chi connectivity index (χ3v) is 1.76. The number of hydrogen-bond acceptors (Lipinski definition) is 3. The molecule has 13 heavy (non-hydrogen) atoms. The second-order valence-electron chi connectivity index (χ2n) is 3.35. The highest BCUT2D eigenvalue weighted by molar-refractivity contribution is 4.50. The summed E-state index contributed by atoms with van der Waals surface area (Å²) in [5.74, 6) is 0.462. The zero-order valence-corrected chi connectivity index (χ0v) is 9.21. The van der Waals surface area contributed by atoms with Crippen molar-refractivity contribution in [2.75, 3.05) is 33.5 Å². The fraction of sp³-hybridized carbons (Fsp3) is 1.00. The fourth-order valence-electron chi connectivity index (χ4n) is 0.870. The molecule has 3 heteroatoms. The first-order valence-electron chi connectivity index (χ1n) is 4.89. The van der Waals surface area contributed by atoms with E-state index in [1.807, 2.05) is 13.8 Å². The molecule has 0 radical (unpaired) electrons. The lowest BCUT2D eigenvalue weighted by atomic mass is 10.2. The van der Waals surface area contributed by atoms with E-state index >= 15 is 0 Å². The summed E-state index contributed by atoms with van der Waals surface area (Å²) in [5.41, 5.74) is 0. The molecule has 0 aliphatic rings. The van der Waals surface area contributed by atoms with Crippen LogP contribution in [0.25, 0.3) is 0 Å². The van der Waals surface area contributed by atoms with Crippen LogP contribution >= 0.6 is 0 Å². The van der Waals surface area contributed by atoms with Gasteiger partial charge in [0.25, 0.3) is 0 Å². The Bertz CT molecular complexity index is 106. The quantitative estimate of drug-likeness (QED) is 0.583. The third-order valence-electron chi connectivity index (χ3n) is 1.76. The highest BCUT2D eigenvalue weighted by Gasteiger charge is 2.04. The minimum absolute atomic E-state index is 0.180. The van der Waals surface area contributed by atoms with Crippen molar-refractivity contribution in [2.24, 2.45) is 5.92 Å².